The molecule has 0 aromatic heterocycles. The van der Waals surface area contributed by atoms with Crippen LogP contribution in [0.2, 0.25) is 0 Å². The third-order valence-corrected chi connectivity index (χ3v) is 3.36. The van der Waals surface area contributed by atoms with E-state index in [1.54, 1.807) is 12.1 Å². The molecule has 1 heterocycles. The smallest absolute Gasteiger partial charge is 0.170 e. The van der Waals surface area contributed by atoms with Gasteiger partial charge in [-0.1, -0.05) is 12.1 Å². The molecule has 19 heavy (non-hydrogen) atoms. The fraction of sp³-hybridized carbons (Fsp3) is 0.462. The number of hydrogen-bond donors (Lipinski definition) is 2. The first-order chi connectivity index (χ1) is 9.17. The molecule has 1 aliphatic rings. The zero-order valence-corrected chi connectivity index (χ0v) is 10.8. The van der Waals surface area contributed by atoms with E-state index >= 15 is 0 Å². The Labute approximate surface area is 111 Å². The van der Waals surface area contributed by atoms with Gasteiger partial charge in [0, 0.05) is 12.1 Å². The van der Waals surface area contributed by atoms with Crippen molar-refractivity contribution in [1.29, 1.82) is 0 Å². The highest BCUT2D eigenvalue weighted by molar-refractivity contribution is 5.97. The zero-order valence-electron chi connectivity index (χ0n) is 10.8. The molecule has 1 unspecified atom stereocenters. The van der Waals surface area contributed by atoms with Gasteiger partial charge in [-0.2, -0.15) is 0 Å². The van der Waals surface area contributed by atoms with Crippen molar-refractivity contribution in [3.63, 3.8) is 0 Å². The van der Waals surface area contributed by atoms with E-state index in [-0.39, 0.29) is 17.7 Å². The predicted octanol–water partition coefficient (Wildman–Crippen LogP) is 1.54. The van der Waals surface area contributed by atoms with Gasteiger partial charge in [0.2, 0.25) is 0 Å². The molecule has 0 amide bonds. The van der Waals surface area contributed by atoms with Gasteiger partial charge in [-0.15, -0.1) is 0 Å². The van der Waals surface area contributed by atoms with Crippen LogP contribution in [-0.4, -0.2) is 36.8 Å². The maximum atomic E-state index is 14.2. The van der Waals surface area contributed by atoms with E-state index < -0.39 is 0 Å². The standard InChI is InChI=1S/C13H18FN3O2/c1-2-10-8-19-6-5-17(10)12-4-3-9(7-11(12)14)13(15)16-18/h3-4,7,10,18H,2,5-6,8H2,1H3,(H2,15,16). The molecule has 0 saturated carbocycles. The number of ether oxygens (including phenoxy) is 1. The molecule has 104 valence electrons. The minimum atomic E-state index is -0.371. The zero-order chi connectivity index (χ0) is 13.8. The van der Waals surface area contributed by atoms with Gasteiger partial charge in [0.25, 0.3) is 0 Å². The van der Waals surface area contributed by atoms with E-state index in [4.69, 9.17) is 15.7 Å². The van der Waals surface area contributed by atoms with Gasteiger partial charge in [0.1, 0.15) is 5.82 Å². The van der Waals surface area contributed by atoms with Crippen molar-refractivity contribution in [2.24, 2.45) is 10.9 Å². The summed E-state index contributed by atoms with van der Waals surface area (Å²) in [6, 6.07) is 4.77. The van der Waals surface area contributed by atoms with Crippen LogP contribution in [0.1, 0.15) is 18.9 Å². The van der Waals surface area contributed by atoms with Crippen LogP contribution >= 0.6 is 0 Å². The Morgan fingerprint density at radius 1 is 1.63 bits per heavy atom. The van der Waals surface area contributed by atoms with E-state index in [0.717, 1.165) is 6.42 Å². The summed E-state index contributed by atoms with van der Waals surface area (Å²) < 4.78 is 19.6. The van der Waals surface area contributed by atoms with E-state index in [1.807, 2.05) is 4.90 Å². The number of anilines is 1. The van der Waals surface area contributed by atoms with Crippen LogP contribution in [-0.2, 0) is 4.74 Å². The number of nitrogens with zero attached hydrogens (tertiary/aromatic N) is 2. The average molecular weight is 267 g/mol. The number of nitrogens with two attached hydrogens (primary N) is 1. The SMILES string of the molecule is CCC1COCCN1c1ccc(/C(N)=N/O)cc1F. The Kier molecular flexibility index (Phi) is 4.21. The summed E-state index contributed by atoms with van der Waals surface area (Å²) in [4.78, 5) is 2.01. The number of oxime groups is 1. The fourth-order valence-electron chi connectivity index (χ4n) is 2.27. The molecule has 0 spiro atoms. The number of morpholine rings is 1. The topological polar surface area (TPSA) is 71.1 Å². The second-order valence-electron chi connectivity index (χ2n) is 4.48. The lowest BCUT2D eigenvalue weighted by atomic mass is 10.1. The number of rotatable bonds is 3. The number of halogens is 1. The highest BCUT2D eigenvalue weighted by Crippen LogP contribution is 2.25. The molecule has 0 radical (unpaired) electrons. The summed E-state index contributed by atoms with van der Waals surface area (Å²) in [6.07, 6.45) is 0.890. The largest absolute Gasteiger partial charge is 0.409 e. The Hall–Kier alpha value is -1.82. The minimum absolute atomic E-state index is 0.0977. The van der Waals surface area contributed by atoms with Gasteiger partial charge in [-0.05, 0) is 24.6 Å². The summed E-state index contributed by atoms with van der Waals surface area (Å²) in [7, 11) is 0. The Balaban J connectivity index is 2.29. The van der Waals surface area contributed by atoms with Crippen molar-refractivity contribution in [2.45, 2.75) is 19.4 Å². The van der Waals surface area contributed by atoms with E-state index in [0.29, 0.717) is 31.0 Å². The number of hydrogen-bond acceptors (Lipinski definition) is 4. The van der Waals surface area contributed by atoms with Crippen LogP contribution in [0.3, 0.4) is 0 Å². The van der Waals surface area contributed by atoms with Gasteiger partial charge in [-0.3, -0.25) is 0 Å². The second kappa shape index (κ2) is 5.88. The van der Waals surface area contributed by atoms with Crippen LogP contribution < -0.4 is 10.6 Å². The Morgan fingerprint density at radius 2 is 2.42 bits per heavy atom. The third kappa shape index (κ3) is 2.78. The van der Waals surface area contributed by atoms with Crippen molar-refractivity contribution in [3.8, 4) is 0 Å². The van der Waals surface area contributed by atoms with E-state index in [9.17, 15) is 4.39 Å². The van der Waals surface area contributed by atoms with E-state index in [1.165, 1.54) is 6.07 Å². The first kappa shape index (κ1) is 13.6. The van der Waals surface area contributed by atoms with Crippen molar-refractivity contribution in [1.82, 2.24) is 0 Å². The summed E-state index contributed by atoms with van der Waals surface area (Å²) in [5.74, 6) is -0.469. The van der Waals surface area contributed by atoms with Crippen molar-refractivity contribution in [3.05, 3.63) is 29.6 Å². The van der Waals surface area contributed by atoms with Crippen LogP contribution in [0.25, 0.3) is 0 Å². The molecule has 1 aliphatic heterocycles. The van der Waals surface area contributed by atoms with Gasteiger partial charge in [0.05, 0.1) is 24.9 Å². The predicted molar refractivity (Wildman–Crippen MR) is 71.2 cm³/mol. The molecule has 2 rings (SSSR count). The quantitative estimate of drug-likeness (QED) is 0.377. The molecular formula is C13H18FN3O2. The van der Waals surface area contributed by atoms with Crippen LogP contribution in [0, 0.1) is 5.82 Å². The average Bonchev–Trinajstić information content (AvgIpc) is 2.46. The van der Waals surface area contributed by atoms with Crippen LogP contribution in [0.5, 0.6) is 0 Å². The molecule has 1 aromatic carbocycles. The van der Waals surface area contributed by atoms with Crippen LogP contribution in [0.4, 0.5) is 10.1 Å². The molecule has 3 N–H and O–H groups in total. The molecule has 0 bridgehead atoms. The van der Waals surface area contributed by atoms with Crippen molar-refractivity contribution >= 4 is 11.5 Å². The minimum Gasteiger partial charge on any atom is -0.409 e. The van der Waals surface area contributed by atoms with E-state index in [2.05, 4.69) is 12.1 Å². The van der Waals surface area contributed by atoms with Crippen LogP contribution in [0.15, 0.2) is 23.4 Å². The first-order valence-electron chi connectivity index (χ1n) is 6.29. The molecule has 6 heteroatoms. The lowest BCUT2D eigenvalue weighted by molar-refractivity contribution is 0.0926. The Morgan fingerprint density at radius 3 is 3.05 bits per heavy atom. The van der Waals surface area contributed by atoms with Gasteiger partial charge < -0.3 is 20.6 Å². The molecule has 1 fully saturated rings. The summed E-state index contributed by atoms with van der Waals surface area (Å²) >= 11 is 0. The highest BCUT2D eigenvalue weighted by atomic mass is 19.1. The lowest BCUT2D eigenvalue weighted by Crippen LogP contribution is -2.45. The maximum Gasteiger partial charge on any atom is 0.170 e. The van der Waals surface area contributed by atoms with Gasteiger partial charge in [0.15, 0.2) is 5.84 Å². The second-order valence-corrected chi connectivity index (χ2v) is 4.48. The maximum absolute atomic E-state index is 14.2. The number of amidine groups is 1. The summed E-state index contributed by atoms with van der Waals surface area (Å²) in [5.41, 5.74) is 6.34. The van der Waals surface area contributed by atoms with Crippen molar-refractivity contribution < 1.29 is 14.3 Å². The Bertz CT molecular complexity index is 479. The molecule has 0 aliphatic carbocycles. The molecule has 1 saturated heterocycles. The summed E-state index contributed by atoms with van der Waals surface area (Å²) in [5, 5.41) is 11.5. The molecule has 1 aromatic rings. The number of benzene rings is 1. The highest BCUT2D eigenvalue weighted by Gasteiger charge is 2.24. The van der Waals surface area contributed by atoms with Gasteiger partial charge in [-0.25, -0.2) is 4.39 Å². The normalized spacial score (nSPS) is 20.6. The monoisotopic (exact) mass is 267 g/mol. The fourth-order valence-corrected chi connectivity index (χ4v) is 2.27. The summed E-state index contributed by atoms with van der Waals surface area (Å²) in [6.45, 7) is 3.92. The van der Waals surface area contributed by atoms with Crippen molar-refractivity contribution in [2.75, 3.05) is 24.7 Å². The molecular weight excluding hydrogens is 249 g/mol. The third-order valence-electron chi connectivity index (χ3n) is 3.36. The first-order valence-corrected chi connectivity index (χ1v) is 6.29. The lowest BCUT2D eigenvalue weighted by Gasteiger charge is -2.37. The molecule has 5 nitrogen and oxygen atoms in total. The van der Waals surface area contributed by atoms with Gasteiger partial charge >= 0.3 is 0 Å². The molecule has 1 atom stereocenters.